The van der Waals surface area contributed by atoms with Crippen molar-refractivity contribution in [3.8, 4) is 46.0 Å². The van der Waals surface area contributed by atoms with Gasteiger partial charge >= 0.3 is 0 Å². The highest BCUT2D eigenvalue weighted by Gasteiger charge is 2.36. The van der Waals surface area contributed by atoms with Crippen LogP contribution in [0.4, 0.5) is 56.6 Å². The number of piperazine rings is 2. The standard InChI is InChI=1S/C62H48Cl2F9N13O4/c1-8-37(87)81-13-17-83(18-14-81)58-32-23-36(64)54(40-43(67)47(71)49(73)50(76)44(40)68)80-60(32)86(62(90)34(58)25-75)56-29(7)21-30(78-52(56)27(4)5)9-10-38(88)82-15-19-84(20-16-82)57-31-22-35(63)53(39-41(65)45(69)48(72)46(70)42(39)66)79-59(31)85(61(89)33(57)24-74)55-28(6)11-12-77-51(55)26(2)3/h8-12,21-23,26-27H,1,13-20,76H2,2-7H3/b10-9-. The Hall–Kier alpha value is -9.79. The molecular formula is C62H48Cl2F9N13O4. The van der Waals surface area contributed by atoms with Crippen LogP contribution in [0, 0.1) is 88.9 Å². The number of aryl methyl sites for hydroxylation is 2. The minimum Gasteiger partial charge on any atom is -0.394 e. The predicted octanol–water partition coefficient (Wildman–Crippen LogP) is 11.2. The summed E-state index contributed by atoms with van der Waals surface area (Å²) in [6.45, 7) is 13.8. The van der Waals surface area contributed by atoms with Crippen molar-refractivity contribution in [2.45, 2.75) is 53.4 Å². The molecule has 0 saturated carbocycles. The first-order valence-corrected chi connectivity index (χ1v) is 28.3. The number of anilines is 3. The summed E-state index contributed by atoms with van der Waals surface area (Å²) < 4.78 is 138. The number of hydrogen-bond donors (Lipinski definition) is 1. The van der Waals surface area contributed by atoms with Gasteiger partial charge in [-0.15, -0.1) is 0 Å². The van der Waals surface area contributed by atoms with Gasteiger partial charge in [-0.3, -0.25) is 38.3 Å². The first-order chi connectivity index (χ1) is 42.7. The zero-order valence-electron chi connectivity index (χ0n) is 48.4. The van der Waals surface area contributed by atoms with E-state index in [1.54, 1.807) is 57.4 Å². The summed E-state index contributed by atoms with van der Waals surface area (Å²) in [5.41, 5.74) is -2.39. The normalized spacial score (nSPS) is 13.8. The van der Waals surface area contributed by atoms with Crippen molar-refractivity contribution in [3.05, 3.63) is 172 Å². The molecular weight excluding hydrogens is 1230 g/mol. The van der Waals surface area contributed by atoms with Gasteiger partial charge in [0.05, 0.1) is 72.4 Å². The Bertz CT molecular complexity index is 4640. The van der Waals surface area contributed by atoms with Crippen molar-refractivity contribution in [3.63, 3.8) is 0 Å². The quantitative estimate of drug-likeness (QED) is 0.0420. The van der Waals surface area contributed by atoms with Crippen LogP contribution in [0.5, 0.6) is 0 Å². The first kappa shape index (κ1) is 63.2. The van der Waals surface area contributed by atoms with Crippen LogP contribution < -0.4 is 26.7 Å². The van der Waals surface area contributed by atoms with Crippen molar-refractivity contribution in [2.24, 2.45) is 0 Å². The molecule has 2 aliphatic rings. The van der Waals surface area contributed by atoms with Gasteiger partial charge in [-0.25, -0.2) is 49.5 Å². The molecule has 2 saturated heterocycles. The Morgan fingerprint density at radius 1 is 0.589 bits per heavy atom. The topological polar surface area (TPSA) is 216 Å². The van der Waals surface area contributed by atoms with E-state index in [0.717, 1.165) is 27.3 Å². The van der Waals surface area contributed by atoms with E-state index in [1.165, 1.54) is 34.2 Å². The van der Waals surface area contributed by atoms with Crippen LogP contribution in [-0.2, 0) is 9.59 Å². The minimum absolute atomic E-state index is 0.00414. The van der Waals surface area contributed by atoms with Gasteiger partial charge in [-0.05, 0) is 73.2 Å². The zero-order chi connectivity index (χ0) is 65.4. The summed E-state index contributed by atoms with van der Waals surface area (Å²) in [5, 5.41) is 20.4. The number of aromatic nitrogens is 6. The highest BCUT2D eigenvalue weighted by atomic mass is 35.5. The molecule has 0 radical (unpaired) electrons. The number of fused-ring (bicyclic) bond motifs is 2. The van der Waals surface area contributed by atoms with E-state index in [-0.39, 0.29) is 126 Å². The lowest BCUT2D eigenvalue weighted by molar-refractivity contribution is -0.127. The number of rotatable bonds is 11. The molecule has 0 atom stereocenters. The number of nitriles is 2. The van der Waals surface area contributed by atoms with E-state index in [4.69, 9.17) is 33.9 Å². The second-order valence-corrected chi connectivity index (χ2v) is 22.6. The van der Waals surface area contributed by atoms with Gasteiger partial charge in [-0.2, -0.15) is 10.5 Å². The molecule has 17 nitrogen and oxygen atoms in total. The SMILES string of the molecule is C=CC(=O)N1CCN(c2c(C#N)c(=O)n(-c3c(C)cc(/C=C\C(=O)N4CCN(c5c(C#N)c(=O)n(-c6c(C)ccnc6C(C)C)c6nc(-c7c(F)c(F)c(F)c(F)c7F)c(Cl)cc56)CC4)nc3C(C)C)c3nc(-c4c(F)c(N)c(F)c(F)c4F)c(Cl)cc23)CC1. The number of carbonyl (C=O) groups is 2. The van der Waals surface area contributed by atoms with E-state index in [1.807, 2.05) is 12.1 Å². The summed E-state index contributed by atoms with van der Waals surface area (Å²) in [7, 11) is 0. The molecule has 462 valence electrons. The minimum atomic E-state index is -2.43. The lowest BCUT2D eigenvalue weighted by Crippen LogP contribution is -2.49. The van der Waals surface area contributed by atoms with E-state index in [2.05, 4.69) is 21.5 Å². The van der Waals surface area contributed by atoms with Gasteiger partial charge in [0.15, 0.2) is 46.5 Å². The highest BCUT2D eigenvalue weighted by Crippen LogP contribution is 2.43. The van der Waals surface area contributed by atoms with Crippen LogP contribution >= 0.6 is 23.2 Å². The smallest absolute Gasteiger partial charge is 0.276 e. The van der Waals surface area contributed by atoms with Gasteiger partial charge in [0.1, 0.15) is 40.2 Å². The lowest BCUT2D eigenvalue weighted by Gasteiger charge is -2.36. The maximum Gasteiger partial charge on any atom is 0.276 e. The summed E-state index contributed by atoms with van der Waals surface area (Å²) in [4.78, 5) is 80.9. The molecule has 90 heavy (non-hydrogen) atoms. The molecule has 2 aromatic carbocycles. The number of amides is 2. The summed E-state index contributed by atoms with van der Waals surface area (Å²) >= 11 is 13.4. The Balaban J connectivity index is 1.03. The highest BCUT2D eigenvalue weighted by molar-refractivity contribution is 6.34. The van der Waals surface area contributed by atoms with Gasteiger partial charge in [0.2, 0.25) is 17.6 Å². The molecule has 0 aliphatic carbocycles. The summed E-state index contributed by atoms with van der Waals surface area (Å²) in [5.74, 6) is -21.3. The monoisotopic (exact) mass is 1280 g/mol. The van der Waals surface area contributed by atoms with Crippen LogP contribution in [0.3, 0.4) is 0 Å². The maximum absolute atomic E-state index is 15.9. The fraction of sp³-hybridized carbons (Fsp3) is 0.258. The van der Waals surface area contributed by atoms with Crippen LogP contribution in [0.2, 0.25) is 10.0 Å². The lowest BCUT2D eigenvalue weighted by atomic mass is 10.0. The fourth-order valence-electron chi connectivity index (χ4n) is 11.3. The summed E-state index contributed by atoms with van der Waals surface area (Å²) in [6, 6.07) is 9.25. The fourth-order valence-corrected chi connectivity index (χ4v) is 11.8. The van der Waals surface area contributed by atoms with Crippen LogP contribution in [0.1, 0.15) is 78.9 Å². The molecule has 2 amide bonds. The van der Waals surface area contributed by atoms with E-state index < -0.39 is 125 Å². The molecule has 6 aromatic heterocycles. The largest absolute Gasteiger partial charge is 0.394 e. The van der Waals surface area contributed by atoms with Gasteiger partial charge in [-0.1, -0.05) is 57.5 Å². The number of carbonyl (C=O) groups excluding carboxylic acids is 2. The van der Waals surface area contributed by atoms with Crippen LogP contribution in [0.15, 0.2) is 58.8 Å². The zero-order valence-corrected chi connectivity index (χ0v) is 49.9. The molecule has 8 heterocycles. The average molecular weight is 1280 g/mol. The summed E-state index contributed by atoms with van der Waals surface area (Å²) in [6.07, 6.45) is 5.20. The van der Waals surface area contributed by atoms with Gasteiger partial charge < -0.3 is 25.3 Å². The van der Waals surface area contributed by atoms with Crippen molar-refractivity contribution in [1.82, 2.24) is 38.9 Å². The first-order valence-electron chi connectivity index (χ1n) is 27.6. The number of nitrogens with zero attached hydrogens (tertiary/aromatic N) is 12. The van der Waals surface area contributed by atoms with E-state index >= 15 is 22.4 Å². The number of nitrogen functional groups attached to an aromatic ring is 1. The second-order valence-electron chi connectivity index (χ2n) is 21.8. The molecule has 0 bridgehead atoms. The Kier molecular flexibility index (Phi) is 17.1. The molecule has 0 unspecified atom stereocenters. The average Bonchev–Trinajstić information content (AvgIpc) is 0.731. The third-order valence-corrected chi connectivity index (χ3v) is 16.2. The second kappa shape index (κ2) is 24.3. The molecule has 0 spiro atoms. The molecule has 2 fully saturated rings. The molecule has 2 N–H and O–H groups in total. The number of halogens is 11. The van der Waals surface area contributed by atoms with Gasteiger partial charge in [0, 0.05) is 75.4 Å². The van der Waals surface area contributed by atoms with Crippen molar-refractivity contribution >= 4 is 80.2 Å². The van der Waals surface area contributed by atoms with E-state index in [9.17, 15) is 46.9 Å². The predicted molar refractivity (Wildman–Crippen MR) is 319 cm³/mol. The Morgan fingerprint density at radius 2 is 1.01 bits per heavy atom. The van der Waals surface area contributed by atoms with Gasteiger partial charge in [0.25, 0.3) is 11.1 Å². The van der Waals surface area contributed by atoms with Crippen LogP contribution in [-0.4, -0.2) is 103 Å². The molecule has 28 heteroatoms. The Morgan fingerprint density at radius 3 is 1.46 bits per heavy atom. The maximum atomic E-state index is 15.9. The van der Waals surface area contributed by atoms with Crippen LogP contribution in [0.25, 0.3) is 62.0 Å². The van der Waals surface area contributed by atoms with Crippen molar-refractivity contribution in [1.29, 1.82) is 10.5 Å². The number of hydrogen-bond acceptors (Lipinski definition) is 13. The van der Waals surface area contributed by atoms with Crippen molar-refractivity contribution in [2.75, 3.05) is 67.9 Å². The molecule has 8 aromatic rings. The van der Waals surface area contributed by atoms with E-state index in [0.29, 0.717) is 11.3 Å². The number of benzene rings is 2. The van der Waals surface area contributed by atoms with Crippen molar-refractivity contribution < 1.29 is 49.1 Å². The number of pyridine rings is 6. The molecule has 10 rings (SSSR count). The molecule has 2 aliphatic heterocycles. The third kappa shape index (κ3) is 10.5. The third-order valence-electron chi connectivity index (χ3n) is 15.7. The Labute approximate surface area is 515 Å². The number of nitrogens with two attached hydrogens (primary N) is 1.